The molecule has 2 aromatic carbocycles. The van der Waals surface area contributed by atoms with Crippen LogP contribution in [0.5, 0.6) is 0 Å². The minimum Gasteiger partial charge on any atom is -0.320 e. The summed E-state index contributed by atoms with van der Waals surface area (Å²) in [6, 6.07) is 9.31. The van der Waals surface area contributed by atoms with Crippen molar-refractivity contribution in [3.8, 4) is 0 Å². The van der Waals surface area contributed by atoms with Gasteiger partial charge in [-0.2, -0.15) is 18.3 Å². The van der Waals surface area contributed by atoms with Gasteiger partial charge in [-0.15, -0.1) is 0 Å². The number of H-pyrrole nitrogens is 1. The van der Waals surface area contributed by atoms with Crippen molar-refractivity contribution in [2.45, 2.75) is 6.18 Å². The number of rotatable bonds is 2. The molecule has 0 aliphatic heterocycles. The van der Waals surface area contributed by atoms with E-state index in [0.717, 1.165) is 29.7 Å². The number of fused-ring (bicyclic) bond motifs is 1. The van der Waals surface area contributed by atoms with Gasteiger partial charge < -0.3 is 5.32 Å². The summed E-state index contributed by atoms with van der Waals surface area (Å²) in [5.74, 6) is -0.490. The van der Waals surface area contributed by atoms with Crippen LogP contribution in [0.2, 0.25) is 0 Å². The Morgan fingerprint density at radius 1 is 1.09 bits per heavy atom. The molecule has 112 valence electrons. The number of aromatic amines is 1. The Hall–Kier alpha value is -2.83. The lowest BCUT2D eigenvalue weighted by molar-refractivity contribution is -0.137. The molecule has 2 N–H and O–H groups in total. The predicted octanol–water partition coefficient (Wildman–Crippen LogP) is 3.83. The third kappa shape index (κ3) is 2.65. The molecule has 0 saturated heterocycles. The Bertz CT molecular complexity index is 822. The normalized spacial score (nSPS) is 11.6. The molecule has 0 unspecified atom stereocenters. The first-order chi connectivity index (χ1) is 10.4. The first kappa shape index (κ1) is 14.1. The van der Waals surface area contributed by atoms with E-state index in [1.807, 2.05) is 6.07 Å². The van der Waals surface area contributed by atoms with E-state index in [1.165, 1.54) is 0 Å². The van der Waals surface area contributed by atoms with Gasteiger partial charge in [0.05, 0.1) is 23.0 Å². The van der Waals surface area contributed by atoms with Gasteiger partial charge in [-0.3, -0.25) is 9.89 Å². The largest absolute Gasteiger partial charge is 0.416 e. The Labute approximate surface area is 123 Å². The molecule has 3 rings (SSSR count). The van der Waals surface area contributed by atoms with Crippen LogP contribution in [0.15, 0.2) is 48.7 Å². The van der Waals surface area contributed by atoms with Crippen LogP contribution in [0.1, 0.15) is 15.9 Å². The van der Waals surface area contributed by atoms with Crippen LogP contribution >= 0.6 is 0 Å². The lowest BCUT2D eigenvalue weighted by Crippen LogP contribution is -2.13. The summed E-state index contributed by atoms with van der Waals surface area (Å²) in [5.41, 5.74) is 0.520. The highest BCUT2D eigenvalue weighted by atomic mass is 19.4. The van der Waals surface area contributed by atoms with Crippen molar-refractivity contribution in [2.24, 2.45) is 0 Å². The standard InChI is InChI=1S/C15H10F3N3O/c16-15(17,18)11-6-4-9(5-7-11)14(22)20-12-3-1-2-10-8-19-21-13(10)12/h1-8H,(H,19,21)(H,20,22). The maximum atomic E-state index is 12.5. The molecule has 0 aliphatic carbocycles. The van der Waals surface area contributed by atoms with Gasteiger partial charge in [0.2, 0.25) is 0 Å². The van der Waals surface area contributed by atoms with Crippen LogP contribution < -0.4 is 5.32 Å². The van der Waals surface area contributed by atoms with Crippen LogP contribution in [0.4, 0.5) is 18.9 Å². The fourth-order valence-corrected chi connectivity index (χ4v) is 2.08. The van der Waals surface area contributed by atoms with Crippen molar-refractivity contribution in [1.82, 2.24) is 10.2 Å². The number of nitrogens with zero attached hydrogens (tertiary/aromatic N) is 1. The highest BCUT2D eigenvalue weighted by Crippen LogP contribution is 2.29. The summed E-state index contributed by atoms with van der Waals surface area (Å²) < 4.78 is 37.5. The van der Waals surface area contributed by atoms with Crippen molar-refractivity contribution >= 4 is 22.5 Å². The molecule has 0 saturated carbocycles. The third-order valence-electron chi connectivity index (χ3n) is 3.20. The van der Waals surface area contributed by atoms with E-state index >= 15 is 0 Å². The highest BCUT2D eigenvalue weighted by molar-refractivity contribution is 6.08. The van der Waals surface area contributed by atoms with Gasteiger partial charge >= 0.3 is 6.18 Å². The molecule has 1 heterocycles. The van der Waals surface area contributed by atoms with Crippen LogP contribution in [0.25, 0.3) is 10.9 Å². The van der Waals surface area contributed by atoms with Gasteiger partial charge in [-0.25, -0.2) is 0 Å². The summed E-state index contributed by atoms with van der Waals surface area (Å²) in [6.07, 6.45) is -2.81. The summed E-state index contributed by atoms with van der Waals surface area (Å²) in [7, 11) is 0. The van der Waals surface area contributed by atoms with E-state index in [1.54, 1.807) is 18.3 Å². The van der Waals surface area contributed by atoms with E-state index in [0.29, 0.717) is 11.2 Å². The van der Waals surface area contributed by atoms with Gasteiger partial charge in [0.1, 0.15) is 0 Å². The fourth-order valence-electron chi connectivity index (χ4n) is 2.08. The monoisotopic (exact) mass is 305 g/mol. The van der Waals surface area contributed by atoms with Crippen molar-refractivity contribution < 1.29 is 18.0 Å². The number of alkyl halides is 3. The van der Waals surface area contributed by atoms with Gasteiger partial charge in [-0.1, -0.05) is 12.1 Å². The first-order valence-corrected chi connectivity index (χ1v) is 6.36. The summed E-state index contributed by atoms with van der Waals surface area (Å²) in [4.78, 5) is 12.1. The van der Waals surface area contributed by atoms with Crippen molar-refractivity contribution in [3.63, 3.8) is 0 Å². The first-order valence-electron chi connectivity index (χ1n) is 6.36. The van der Waals surface area contributed by atoms with Gasteiger partial charge in [0.25, 0.3) is 5.91 Å². The second kappa shape index (κ2) is 5.18. The van der Waals surface area contributed by atoms with Crippen LogP contribution in [-0.2, 0) is 6.18 Å². The molecule has 7 heteroatoms. The number of anilines is 1. The topological polar surface area (TPSA) is 57.8 Å². The quantitative estimate of drug-likeness (QED) is 0.756. The number of hydrogen-bond donors (Lipinski definition) is 2. The van der Waals surface area contributed by atoms with Crippen LogP contribution in [0.3, 0.4) is 0 Å². The minimum absolute atomic E-state index is 0.143. The molecule has 22 heavy (non-hydrogen) atoms. The average Bonchev–Trinajstić information content (AvgIpc) is 2.96. The summed E-state index contributed by atoms with van der Waals surface area (Å²) in [6.45, 7) is 0. The number of amides is 1. The number of aromatic nitrogens is 2. The number of nitrogens with one attached hydrogen (secondary N) is 2. The summed E-state index contributed by atoms with van der Waals surface area (Å²) >= 11 is 0. The second-order valence-electron chi connectivity index (χ2n) is 4.67. The van der Waals surface area contributed by atoms with Gasteiger partial charge in [0.15, 0.2) is 0 Å². The number of para-hydroxylation sites is 1. The molecular weight excluding hydrogens is 295 g/mol. The van der Waals surface area contributed by atoms with Gasteiger partial charge in [0, 0.05) is 10.9 Å². The molecule has 3 aromatic rings. The maximum absolute atomic E-state index is 12.5. The number of carbonyl (C=O) groups is 1. The molecule has 1 aromatic heterocycles. The fraction of sp³-hybridized carbons (Fsp3) is 0.0667. The van der Waals surface area contributed by atoms with Crippen LogP contribution in [-0.4, -0.2) is 16.1 Å². The lowest BCUT2D eigenvalue weighted by atomic mass is 10.1. The Kier molecular flexibility index (Phi) is 3.32. The lowest BCUT2D eigenvalue weighted by Gasteiger charge is -2.09. The third-order valence-corrected chi connectivity index (χ3v) is 3.20. The molecule has 0 spiro atoms. The minimum atomic E-state index is -4.42. The number of halogens is 3. The summed E-state index contributed by atoms with van der Waals surface area (Å²) in [5, 5.41) is 10.1. The van der Waals surface area contributed by atoms with E-state index in [2.05, 4.69) is 15.5 Å². The van der Waals surface area contributed by atoms with Crippen molar-refractivity contribution in [1.29, 1.82) is 0 Å². The Morgan fingerprint density at radius 2 is 1.82 bits per heavy atom. The van der Waals surface area contributed by atoms with Crippen molar-refractivity contribution in [3.05, 3.63) is 59.8 Å². The number of benzene rings is 2. The second-order valence-corrected chi connectivity index (χ2v) is 4.67. The SMILES string of the molecule is O=C(Nc1cccc2cn[nH]c12)c1ccc(C(F)(F)F)cc1. The molecule has 0 fully saturated rings. The predicted molar refractivity (Wildman–Crippen MR) is 75.5 cm³/mol. The van der Waals surface area contributed by atoms with E-state index in [9.17, 15) is 18.0 Å². The highest BCUT2D eigenvalue weighted by Gasteiger charge is 2.30. The molecule has 0 atom stereocenters. The molecular formula is C15H10F3N3O. The smallest absolute Gasteiger partial charge is 0.320 e. The average molecular weight is 305 g/mol. The molecule has 0 bridgehead atoms. The Balaban J connectivity index is 1.84. The molecule has 4 nitrogen and oxygen atoms in total. The van der Waals surface area contributed by atoms with Gasteiger partial charge in [-0.05, 0) is 30.3 Å². The molecule has 1 amide bonds. The zero-order valence-electron chi connectivity index (χ0n) is 11.1. The zero-order valence-corrected chi connectivity index (χ0v) is 11.1. The Morgan fingerprint density at radius 3 is 2.50 bits per heavy atom. The van der Waals surface area contributed by atoms with E-state index in [-0.39, 0.29) is 5.56 Å². The molecule has 0 aliphatic rings. The number of hydrogen-bond acceptors (Lipinski definition) is 2. The zero-order chi connectivity index (χ0) is 15.7. The van der Waals surface area contributed by atoms with E-state index in [4.69, 9.17) is 0 Å². The number of carbonyl (C=O) groups excluding carboxylic acids is 1. The molecule has 0 radical (unpaired) electrons. The maximum Gasteiger partial charge on any atom is 0.416 e. The van der Waals surface area contributed by atoms with Crippen LogP contribution in [0, 0.1) is 0 Å². The van der Waals surface area contributed by atoms with E-state index < -0.39 is 17.6 Å². The van der Waals surface area contributed by atoms with Crippen molar-refractivity contribution in [2.75, 3.05) is 5.32 Å².